The smallest absolute Gasteiger partial charge is 0.0492 e. The summed E-state index contributed by atoms with van der Waals surface area (Å²) < 4.78 is 0. The molecule has 9 heavy (non-hydrogen) atoms. The summed E-state index contributed by atoms with van der Waals surface area (Å²) in [5.74, 6) is 0. The first-order chi connectivity index (χ1) is 4.31. The SMILES string of the molecule is CC=CCCC(=N)C=N. The Morgan fingerprint density at radius 2 is 2.22 bits per heavy atom. The lowest BCUT2D eigenvalue weighted by molar-refractivity contribution is 1.09. The second-order valence-corrected chi connectivity index (χ2v) is 1.78. The minimum absolute atomic E-state index is 0.396. The van der Waals surface area contributed by atoms with Crippen LogP contribution in [0.25, 0.3) is 0 Å². The van der Waals surface area contributed by atoms with Gasteiger partial charge in [0.25, 0.3) is 0 Å². The first-order valence-electron chi connectivity index (χ1n) is 3.00. The fourth-order valence-electron chi connectivity index (χ4n) is 0.478. The van der Waals surface area contributed by atoms with Crippen LogP contribution in [0.1, 0.15) is 19.8 Å². The van der Waals surface area contributed by atoms with Crippen LogP contribution in [0, 0.1) is 10.8 Å². The lowest BCUT2D eigenvalue weighted by Crippen LogP contribution is -1.94. The van der Waals surface area contributed by atoms with E-state index in [2.05, 4.69) is 0 Å². The van der Waals surface area contributed by atoms with Crippen LogP contribution in [0.3, 0.4) is 0 Å². The summed E-state index contributed by atoms with van der Waals surface area (Å²) in [4.78, 5) is 0. The van der Waals surface area contributed by atoms with Crippen LogP contribution in [-0.4, -0.2) is 11.9 Å². The summed E-state index contributed by atoms with van der Waals surface area (Å²) >= 11 is 0. The first kappa shape index (κ1) is 8.08. The van der Waals surface area contributed by atoms with E-state index in [0.717, 1.165) is 12.6 Å². The van der Waals surface area contributed by atoms with Gasteiger partial charge in [0.2, 0.25) is 0 Å². The maximum Gasteiger partial charge on any atom is 0.0492 e. The summed E-state index contributed by atoms with van der Waals surface area (Å²) in [5, 5.41) is 13.7. The molecule has 0 radical (unpaired) electrons. The zero-order valence-electron chi connectivity index (χ0n) is 5.65. The standard InChI is InChI=1S/C7H12N2/c1-2-3-4-5-7(9)6-8/h2-3,6,8-9H,4-5H2,1H3. The zero-order chi connectivity index (χ0) is 7.11. The van der Waals surface area contributed by atoms with E-state index in [-0.39, 0.29) is 0 Å². The summed E-state index contributed by atoms with van der Waals surface area (Å²) in [6.07, 6.45) is 6.61. The highest BCUT2D eigenvalue weighted by Gasteiger charge is 1.86. The van der Waals surface area contributed by atoms with Crippen LogP contribution < -0.4 is 0 Å². The van der Waals surface area contributed by atoms with Gasteiger partial charge in [-0.15, -0.1) is 0 Å². The average molecular weight is 124 g/mol. The average Bonchev–Trinajstić information content (AvgIpc) is 1.89. The molecule has 2 nitrogen and oxygen atoms in total. The highest BCUT2D eigenvalue weighted by Crippen LogP contribution is 1.90. The Balaban J connectivity index is 3.27. The molecule has 0 aliphatic heterocycles. The maximum absolute atomic E-state index is 7.04. The van der Waals surface area contributed by atoms with Crippen molar-refractivity contribution in [3.63, 3.8) is 0 Å². The van der Waals surface area contributed by atoms with Crippen LogP contribution in [-0.2, 0) is 0 Å². The predicted octanol–water partition coefficient (Wildman–Crippen LogP) is 2.01. The van der Waals surface area contributed by atoms with E-state index in [0.29, 0.717) is 12.1 Å². The number of hydrogen-bond donors (Lipinski definition) is 2. The summed E-state index contributed by atoms with van der Waals surface area (Å²) in [7, 11) is 0. The minimum Gasteiger partial charge on any atom is -0.307 e. The van der Waals surface area contributed by atoms with Crippen LogP contribution in [0.4, 0.5) is 0 Å². The molecular weight excluding hydrogens is 112 g/mol. The van der Waals surface area contributed by atoms with Crippen LogP contribution in [0.15, 0.2) is 12.2 Å². The molecule has 0 unspecified atom stereocenters. The number of nitrogens with one attached hydrogen (secondary N) is 2. The third-order valence-electron chi connectivity index (χ3n) is 0.990. The molecule has 0 aromatic rings. The Bertz CT molecular complexity index is 125. The zero-order valence-corrected chi connectivity index (χ0v) is 5.65. The van der Waals surface area contributed by atoms with E-state index in [1.165, 1.54) is 0 Å². The minimum atomic E-state index is 0.396. The van der Waals surface area contributed by atoms with Crippen LogP contribution in [0.5, 0.6) is 0 Å². The topological polar surface area (TPSA) is 47.7 Å². The van der Waals surface area contributed by atoms with Crippen molar-refractivity contribution in [1.82, 2.24) is 0 Å². The lowest BCUT2D eigenvalue weighted by Gasteiger charge is -1.88. The van der Waals surface area contributed by atoms with E-state index < -0.39 is 0 Å². The molecule has 0 fully saturated rings. The van der Waals surface area contributed by atoms with Gasteiger partial charge in [0.05, 0.1) is 0 Å². The van der Waals surface area contributed by atoms with Gasteiger partial charge < -0.3 is 10.8 Å². The van der Waals surface area contributed by atoms with Gasteiger partial charge in [0, 0.05) is 11.9 Å². The molecule has 2 N–H and O–H groups in total. The molecule has 0 spiro atoms. The number of rotatable bonds is 4. The Morgan fingerprint density at radius 1 is 1.56 bits per heavy atom. The lowest BCUT2D eigenvalue weighted by atomic mass is 10.2. The Morgan fingerprint density at radius 3 is 2.67 bits per heavy atom. The molecule has 0 saturated carbocycles. The highest BCUT2D eigenvalue weighted by molar-refractivity contribution is 6.27. The van der Waals surface area contributed by atoms with Crippen molar-refractivity contribution in [3.05, 3.63) is 12.2 Å². The number of allylic oxidation sites excluding steroid dienone is 2. The van der Waals surface area contributed by atoms with Crippen molar-refractivity contribution in [2.24, 2.45) is 0 Å². The molecule has 0 amide bonds. The van der Waals surface area contributed by atoms with Crippen molar-refractivity contribution in [2.75, 3.05) is 0 Å². The van der Waals surface area contributed by atoms with E-state index in [1.54, 1.807) is 0 Å². The van der Waals surface area contributed by atoms with Gasteiger partial charge in [-0.1, -0.05) is 12.2 Å². The fraction of sp³-hybridized carbons (Fsp3) is 0.429. The van der Waals surface area contributed by atoms with Crippen molar-refractivity contribution < 1.29 is 0 Å². The van der Waals surface area contributed by atoms with Crippen molar-refractivity contribution in [1.29, 1.82) is 10.8 Å². The quantitative estimate of drug-likeness (QED) is 0.425. The summed E-state index contributed by atoms with van der Waals surface area (Å²) in [5.41, 5.74) is 0.396. The molecule has 50 valence electrons. The summed E-state index contributed by atoms with van der Waals surface area (Å²) in [6, 6.07) is 0. The van der Waals surface area contributed by atoms with Crippen molar-refractivity contribution >= 4 is 11.9 Å². The molecular formula is C7H12N2. The first-order valence-corrected chi connectivity index (χ1v) is 3.00. The van der Waals surface area contributed by atoms with Gasteiger partial charge in [0.1, 0.15) is 0 Å². The van der Waals surface area contributed by atoms with Gasteiger partial charge in [-0.3, -0.25) is 0 Å². The van der Waals surface area contributed by atoms with Crippen molar-refractivity contribution in [2.45, 2.75) is 19.8 Å². The third-order valence-corrected chi connectivity index (χ3v) is 0.990. The van der Waals surface area contributed by atoms with E-state index in [1.807, 2.05) is 19.1 Å². The molecule has 0 saturated heterocycles. The Hall–Kier alpha value is -0.920. The van der Waals surface area contributed by atoms with E-state index in [4.69, 9.17) is 10.8 Å². The van der Waals surface area contributed by atoms with Crippen LogP contribution >= 0.6 is 0 Å². The maximum atomic E-state index is 7.04. The molecule has 0 rings (SSSR count). The molecule has 0 aliphatic carbocycles. The molecule has 0 bridgehead atoms. The van der Waals surface area contributed by atoms with E-state index in [9.17, 15) is 0 Å². The second kappa shape index (κ2) is 5.22. The molecule has 0 aromatic carbocycles. The molecule has 0 atom stereocenters. The highest BCUT2D eigenvalue weighted by atomic mass is 14.4. The molecule has 0 heterocycles. The third kappa shape index (κ3) is 4.94. The molecule has 2 heteroatoms. The number of hydrogen-bond acceptors (Lipinski definition) is 2. The largest absolute Gasteiger partial charge is 0.307 e. The van der Waals surface area contributed by atoms with Crippen LogP contribution in [0.2, 0.25) is 0 Å². The van der Waals surface area contributed by atoms with Crippen molar-refractivity contribution in [3.8, 4) is 0 Å². The van der Waals surface area contributed by atoms with Gasteiger partial charge >= 0.3 is 0 Å². The van der Waals surface area contributed by atoms with Gasteiger partial charge in [-0.2, -0.15) is 0 Å². The van der Waals surface area contributed by atoms with Gasteiger partial charge in [-0.05, 0) is 19.8 Å². The molecule has 0 aliphatic rings. The monoisotopic (exact) mass is 124 g/mol. The van der Waals surface area contributed by atoms with Gasteiger partial charge in [0.15, 0.2) is 0 Å². The fourth-order valence-corrected chi connectivity index (χ4v) is 0.478. The Labute approximate surface area is 55.6 Å². The Kier molecular flexibility index (Phi) is 4.69. The normalized spacial score (nSPS) is 9.89. The van der Waals surface area contributed by atoms with Gasteiger partial charge in [-0.25, -0.2) is 0 Å². The predicted molar refractivity (Wildman–Crippen MR) is 40.6 cm³/mol. The summed E-state index contributed by atoms with van der Waals surface area (Å²) in [6.45, 7) is 1.95. The van der Waals surface area contributed by atoms with E-state index >= 15 is 0 Å². The molecule has 0 aromatic heterocycles. The second-order valence-electron chi connectivity index (χ2n) is 1.78.